The molecule has 9 nitrogen and oxygen atoms in total. The molecule has 2 aromatic heterocycles. The van der Waals surface area contributed by atoms with E-state index in [0.717, 1.165) is 11.8 Å². The van der Waals surface area contributed by atoms with Crippen LogP contribution in [0, 0.1) is 11.7 Å². The van der Waals surface area contributed by atoms with Crippen LogP contribution in [0.15, 0.2) is 48.8 Å². The minimum absolute atomic E-state index is 0.0929. The Bertz CT molecular complexity index is 1610. The van der Waals surface area contributed by atoms with Crippen molar-refractivity contribution in [3.05, 3.63) is 82.0 Å². The van der Waals surface area contributed by atoms with Crippen LogP contribution in [0.25, 0.3) is 0 Å². The summed E-state index contributed by atoms with van der Waals surface area (Å²) in [4.78, 5) is 50.1. The van der Waals surface area contributed by atoms with Gasteiger partial charge in [-0.15, -0.1) is 0 Å². The fraction of sp³-hybridized carbons (Fsp3) is 0.387. The van der Waals surface area contributed by atoms with Gasteiger partial charge in [0, 0.05) is 38.1 Å². The van der Waals surface area contributed by atoms with Crippen LogP contribution in [-0.2, 0) is 14.9 Å². The number of ether oxygens (including phenoxy) is 1. The number of hydrogen-bond acceptors (Lipinski definition) is 7. The number of aromatic nitrogens is 2. The second-order valence-electron chi connectivity index (χ2n) is 11.5. The molecule has 2 aliphatic heterocycles. The first-order chi connectivity index (χ1) is 21.1. The van der Waals surface area contributed by atoms with Gasteiger partial charge in [-0.2, -0.15) is 0 Å². The predicted molar refractivity (Wildman–Crippen MR) is 156 cm³/mol. The van der Waals surface area contributed by atoms with Crippen molar-refractivity contribution in [1.82, 2.24) is 15.3 Å². The van der Waals surface area contributed by atoms with E-state index in [-0.39, 0.29) is 28.5 Å². The lowest BCUT2D eigenvalue weighted by Gasteiger charge is -2.47. The summed E-state index contributed by atoms with van der Waals surface area (Å²) < 4.78 is 45.9. The topological polar surface area (TPSA) is 105 Å². The van der Waals surface area contributed by atoms with E-state index >= 15 is 0 Å². The molecule has 3 aliphatic rings. The monoisotopic (exact) mass is 627 g/mol. The van der Waals surface area contributed by atoms with E-state index in [9.17, 15) is 27.6 Å². The van der Waals surface area contributed by atoms with Crippen molar-refractivity contribution in [3.63, 3.8) is 0 Å². The maximum absolute atomic E-state index is 14.4. The number of nitrogens with zero attached hydrogens (tertiary/aromatic N) is 4. The molecule has 6 rings (SSSR count). The minimum Gasteiger partial charge on any atom is -0.465 e. The maximum Gasteiger partial charge on any atom is 0.339 e. The van der Waals surface area contributed by atoms with Gasteiger partial charge in [0.25, 0.3) is 12.3 Å². The highest BCUT2D eigenvalue weighted by atomic mass is 35.5. The molecule has 1 saturated carbocycles. The molecule has 230 valence electrons. The van der Waals surface area contributed by atoms with E-state index in [1.165, 1.54) is 31.5 Å². The number of anilines is 2. The Labute approximate surface area is 256 Å². The molecule has 13 heteroatoms. The van der Waals surface area contributed by atoms with Gasteiger partial charge in [-0.05, 0) is 67.5 Å². The quantitative estimate of drug-likeness (QED) is 0.364. The highest BCUT2D eigenvalue weighted by molar-refractivity contribution is 6.30. The Balaban J connectivity index is 1.11. The van der Waals surface area contributed by atoms with Crippen molar-refractivity contribution in [2.24, 2.45) is 5.92 Å². The van der Waals surface area contributed by atoms with E-state index in [1.807, 2.05) is 4.90 Å². The van der Waals surface area contributed by atoms with Crippen molar-refractivity contribution < 1.29 is 32.3 Å². The van der Waals surface area contributed by atoms with Gasteiger partial charge in [0.15, 0.2) is 0 Å². The number of hydrogen-bond donors (Lipinski definition) is 1. The van der Waals surface area contributed by atoms with Crippen LogP contribution in [-0.4, -0.2) is 60.5 Å². The average Bonchev–Trinajstić information content (AvgIpc) is 3.23. The van der Waals surface area contributed by atoms with E-state index < -0.39 is 35.2 Å². The van der Waals surface area contributed by atoms with E-state index in [1.54, 1.807) is 23.1 Å². The zero-order valence-corrected chi connectivity index (χ0v) is 24.5. The summed E-state index contributed by atoms with van der Waals surface area (Å²) in [5.41, 5.74) is -0.0279. The van der Waals surface area contributed by atoms with E-state index in [0.29, 0.717) is 62.4 Å². The summed E-state index contributed by atoms with van der Waals surface area (Å²) in [6, 6.07) is 8.73. The molecule has 4 heterocycles. The van der Waals surface area contributed by atoms with Gasteiger partial charge < -0.3 is 19.9 Å². The molecule has 1 aromatic carbocycles. The zero-order valence-electron chi connectivity index (χ0n) is 23.7. The lowest BCUT2D eigenvalue weighted by Crippen LogP contribution is -2.64. The molecule has 44 heavy (non-hydrogen) atoms. The third-order valence-electron chi connectivity index (χ3n) is 8.79. The highest BCUT2D eigenvalue weighted by Gasteiger charge is 2.58. The van der Waals surface area contributed by atoms with Crippen molar-refractivity contribution in [3.8, 4) is 0 Å². The number of carbonyl (C=O) groups is 3. The SMILES string of the molecule is COC(=O)c1ccc(N2CC3(C2)C(=O)N(C[C@H]2CC[C@H](NC(=O)c4cc(Cl)cnc4C(F)F)CC2)c2cc(F)ccc23)nc1. The van der Waals surface area contributed by atoms with Gasteiger partial charge in [-0.25, -0.2) is 22.9 Å². The van der Waals surface area contributed by atoms with E-state index in [4.69, 9.17) is 16.3 Å². The van der Waals surface area contributed by atoms with Crippen molar-refractivity contribution in [1.29, 1.82) is 0 Å². The Hall–Kier alpha value is -4.19. The van der Waals surface area contributed by atoms with Crippen molar-refractivity contribution >= 4 is 40.9 Å². The number of rotatable bonds is 7. The highest BCUT2D eigenvalue weighted by Crippen LogP contribution is 2.49. The molecule has 0 unspecified atom stereocenters. The second kappa shape index (κ2) is 11.7. The van der Waals surface area contributed by atoms with Gasteiger partial charge in [0.2, 0.25) is 5.91 Å². The summed E-state index contributed by atoms with van der Waals surface area (Å²) in [5.74, 6) is -0.940. The third-order valence-corrected chi connectivity index (χ3v) is 9.00. The standard InChI is InChI=1S/C31H29ClF3N5O4/c1-44-29(42)18-4-9-25(36-12-18)39-15-31(16-39)23-8-5-20(33)11-24(23)40(30(31)43)14-17-2-6-21(7-3-17)38-28(41)22-10-19(32)13-37-26(22)27(34)35/h4-5,8-13,17,21,27H,2-3,6-7,14-16H2,1H3,(H,38,41)/t17-,21-. The molecule has 1 spiro atoms. The molecule has 0 atom stereocenters. The smallest absolute Gasteiger partial charge is 0.339 e. The van der Waals surface area contributed by atoms with Gasteiger partial charge in [0.05, 0.1) is 28.9 Å². The van der Waals surface area contributed by atoms with Crippen LogP contribution in [0.1, 0.15) is 64.1 Å². The molecule has 0 radical (unpaired) electrons. The summed E-state index contributed by atoms with van der Waals surface area (Å²) in [7, 11) is 1.30. The number of esters is 1. The third kappa shape index (κ3) is 5.36. The van der Waals surface area contributed by atoms with Crippen LogP contribution in [0.2, 0.25) is 5.02 Å². The minimum atomic E-state index is -2.91. The maximum atomic E-state index is 14.4. The van der Waals surface area contributed by atoms with Crippen molar-refractivity contribution in [2.75, 3.05) is 36.5 Å². The Morgan fingerprint density at radius 1 is 1.09 bits per heavy atom. The van der Waals surface area contributed by atoms with Gasteiger partial charge in [-0.1, -0.05) is 17.7 Å². The predicted octanol–water partition coefficient (Wildman–Crippen LogP) is 5.09. The Morgan fingerprint density at radius 3 is 2.50 bits per heavy atom. The van der Waals surface area contributed by atoms with Crippen LogP contribution >= 0.6 is 11.6 Å². The van der Waals surface area contributed by atoms with Gasteiger partial charge in [0.1, 0.15) is 22.7 Å². The first kappa shape index (κ1) is 29.9. The molecule has 3 aromatic rings. The second-order valence-corrected chi connectivity index (χ2v) is 11.9. The molecule has 1 aliphatic carbocycles. The molecule has 0 bridgehead atoms. The number of halogens is 4. The fourth-order valence-electron chi connectivity index (χ4n) is 6.50. The van der Waals surface area contributed by atoms with Crippen LogP contribution in [0.4, 0.5) is 24.7 Å². The van der Waals surface area contributed by atoms with Crippen molar-refractivity contribution in [2.45, 2.75) is 43.6 Å². The van der Waals surface area contributed by atoms with Gasteiger partial charge in [-0.3, -0.25) is 14.6 Å². The first-order valence-electron chi connectivity index (χ1n) is 14.3. The number of fused-ring (bicyclic) bond motifs is 2. The normalized spacial score (nSPS) is 20.5. The number of nitrogens with one attached hydrogen (secondary N) is 1. The van der Waals surface area contributed by atoms with Crippen LogP contribution < -0.4 is 15.1 Å². The summed E-state index contributed by atoms with van der Waals surface area (Å²) in [6.07, 6.45) is 2.16. The molecule has 2 amide bonds. The average molecular weight is 628 g/mol. The number of pyridine rings is 2. The van der Waals surface area contributed by atoms with Gasteiger partial charge >= 0.3 is 5.97 Å². The summed E-state index contributed by atoms with van der Waals surface area (Å²) in [6.45, 7) is 1.13. The molecule has 2 fully saturated rings. The van der Waals surface area contributed by atoms with E-state index in [2.05, 4.69) is 15.3 Å². The van der Waals surface area contributed by atoms with Crippen LogP contribution in [0.3, 0.4) is 0 Å². The lowest BCUT2D eigenvalue weighted by molar-refractivity contribution is -0.124. The number of methoxy groups -OCH3 is 1. The number of carbonyl (C=O) groups excluding carboxylic acids is 3. The summed E-state index contributed by atoms with van der Waals surface area (Å²) >= 11 is 5.90. The number of benzene rings is 1. The number of amides is 2. The number of alkyl halides is 2. The van der Waals surface area contributed by atoms with Crippen LogP contribution in [0.5, 0.6) is 0 Å². The molecular weight excluding hydrogens is 599 g/mol. The molecule has 1 saturated heterocycles. The Morgan fingerprint density at radius 2 is 1.84 bits per heavy atom. The first-order valence-corrected chi connectivity index (χ1v) is 14.6. The molecular formula is C31H29ClF3N5O4. The summed E-state index contributed by atoms with van der Waals surface area (Å²) in [5, 5.41) is 2.92. The molecule has 1 N–H and O–H groups in total. The zero-order chi connectivity index (χ0) is 31.2. The Kier molecular flexibility index (Phi) is 7.95. The lowest BCUT2D eigenvalue weighted by atomic mass is 9.74. The largest absolute Gasteiger partial charge is 0.465 e. The fourth-order valence-corrected chi connectivity index (χ4v) is 6.66.